The maximum Gasteiger partial charge on any atom is 0.251 e. The Bertz CT molecular complexity index is 689. The lowest BCUT2D eigenvalue weighted by atomic mass is 10.1. The zero-order chi connectivity index (χ0) is 13.8. The fourth-order valence-corrected chi connectivity index (χ4v) is 2.56. The van der Waals surface area contributed by atoms with Crippen molar-refractivity contribution in [2.45, 2.75) is 23.1 Å². The van der Waals surface area contributed by atoms with Crippen LogP contribution in [0.4, 0.5) is 0 Å². The van der Waals surface area contributed by atoms with Gasteiger partial charge in [-0.2, -0.15) is 5.26 Å². The second kappa shape index (κ2) is 5.69. The molecule has 0 radical (unpaired) electrons. The summed E-state index contributed by atoms with van der Waals surface area (Å²) in [4.78, 5) is 18.5. The van der Waals surface area contributed by atoms with Gasteiger partial charge in [0.25, 0.3) is 5.56 Å². The van der Waals surface area contributed by atoms with Crippen LogP contribution in [0.25, 0.3) is 0 Å². The van der Waals surface area contributed by atoms with Crippen molar-refractivity contribution in [3.63, 3.8) is 0 Å². The minimum Gasteiger partial charge on any atom is -0.389 e. The van der Waals surface area contributed by atoms with Crippen LogP contribution in [-0.2, 0) is 0 Å². The van der Waals surface area contributed by atoms with Gasteiger partial charge in [0.2, 0.25) is 0 Å². The fraction of sp³-hybridized carbons (Fsp3) is 0.154. The predicted octanol–water partition coefficient (Wildman–Crippen LogP) is 1.85. The highest BCUT2D eigenvalue weighted by Gasteiger charge is 2.11. The lowest BCUT2D eigenvalue weighted by Crippen LogP contribution is -2.05. The molecule has 2 aromatic rings. The van der Waals surface area contributed by atoms with E-state index in [4.69, 9.17) is 5.26 Å². The average molecular weight is 273 g/mol. The number of aliphatic hydroxyl groups is 1. The lowest BCUT2D eigenvalue weighted by Gasteiger charge is -2.11. The first-order valence-corrected chi connectivity index (χ1v) is 6.37. The van der Waals surface area contributed by atoms with Gasteiger partial charge in [-0.25, -0.2) is 4.98 Å². The average Bonchev–Trinajstić information content (AvgIpc) is 2.38. The molecule has 1 aromatic heterocycles. The van der Waals surface area contributed by atoms with Crippen LogP contribution in [-0.4, -0.2) is 15.1 Å². The van der Waals surface area contributed by atoms with E-state index in [1.165, 1.54) is 24.0 Å². The summed E-state index contributed by atoms with van der Waals surface area (Å²) >= 11 is 1.21. The van der Waals surface area contributed by atoms with Gasteiger partial charge in [0, 0.05) is 17.2 Å². The molecule has 1 unspecified atom stereocenters. The molecule has 0 aliphatic carbocycles. The van der Waals surface area contributed by atoms with E-state index in [2.05, 4.69) is 9.97 Å². The highest BCUT2D eigenvalue weighted by atomic mass is 32.2. The van der Waals surface area contributed by atoms with E-state index in [0.29, 0.717) is 21.2 Å². The van der Waals surface area contributed by atoms with Gasteiger partial charge >= 0.3 is 0 Å². The zero-order valence-corrected chi connectivity index (χ0v) is 10.9. The van der Waals surface area contributed by atoms with E-state index in [1.54, 1.807) is 25.1 Å². The van der Waals surface area contributed by atoms with Crippen LogP contribution in [0.3, 0.4) is 0 Å². The van der Waals surface area contributed by atoms with Crippen molar-refractivity contribution in [2.24, 2.45) is 0 Å². The normalized spacial score (nSPS) is 11.8. The van der Waals surface area contributed by atoms with Crippen LogP contribution in [0.2, 0.25) is 0 Å². The number of nitrogens with one attached hydrogen (secondary N) is 1. The standard InChI is InChI=1S/C13H11N3O2S/c1-8(17)10-3-2-9(7-14)6-11(10)19-13-15-5-4-12(18)16-13/h2-6,8,17H,1H3,(H,15,16,18). The second-order valence-corrected chi connectivity index (χ2v) is 4.91. The summed E-state index contributed by atoms with van der Waals surface area (Å²) in [6.45, 7) is 1.65. The minimum atomic E-state index is -0.661. The van der Waals surface area contributed by atoms with Crippen molar-refractivity contribution < 1.29 is 5.11 Å². The number of hydrogen-bond donors (Lipinski definition) is 2. The van der Waals surface area contributed by atoms with Crippen LogP contribution in [0.5, 0.6) is 0 Å². The fourth-order valence-electron chi connectivity index (χ4n) is 1.55. The van der Waals surface area contributed by atoms with E-state index in [9.17, 15) is 9.90 Å². The largest absolute Gasteiger partial charge is 0.389 e. The van der Waals surface area contributed by atoms with E-state index < -0.39 is 6.10 Å². The number of rotatable bonds is 3. The van der Waals surface area contributed by atoms with Gasteiger partial charge < -0.3 is 10.1 Å². The van der Waals surface area contributed by atoms with Gasteiger partial charge in [0.1, 0.15) is 0 Å². The SMILES string of the molecule is CC(O)c1ccc(C#N)cc1Sc1nccc(=O)[nH]1. The van der Waals surface area contributed by atoms with Crippen LogP contribution in [0.15, 0.2) is 45.3 Å². The van der Waals surface area contributed by atoms with Crippen molar-refractivity contribution in [3.05, 3.63) is 51.9 Å². The van der Waals surface area contributed by atoms with Crippen molar-refractivity contribution in [2.75, 3.05) is 0 Å². The summed E-state index contributed by atoms with van der Waals surface area (Å²) in [7, 11) is 0. The number of H-pyrrole nitrogens is 1. The maximum absolute atomic E-state index is 11.2. The van der Waals surface area contributed by atoms with Gasteiger partial charge in [-0.05, 0) is 24.6 Å². The first-order chi connectivity index (χ1) is 9.10. The van der Waals surface area contributed by atoms with Crippen LogP contribution in [0, 0.1) is 11.3 Å². The Hall–Kier alpha value is -2.10. The Morgan fingerprint density at radius 2 is 2.26 bits per heavy atom. The van der Waals surface area contributed by atoms with Crippen LogP contribution < -0.4 is 5.56 Å². The third kappa shape index (κ3) is 3.22. The molecule has 0 aliphatic heterocycles. The number of benzene rings is 1. The number of hydrogen-bond acceptors (Lipinski definition) is 5. The minimum absolute atomic E-state index is 0.243. The Balaban J connectivity index is 2.43. The number of aliphatic hydroxyl groups excluding tert-OH is 1. The van der Waals surface area contributed by atoms with Gasteiger partial charge in [0.15, 0.2) is 5.16 Å². The molecule has 6 heteroatoms. The number of aromatic nitrogens is 2. The molecule has 0 saturated heterocycles. The van der Waals surface area contributed by atoms with E-state index in [1.807, 2.05) is 6.07 Å². The molecule has 1 aromatic carbocycles. The van der Waals surface area contributed by atoms with Crippen LogP contribution in [0.1, 0.15) is 24.2 Å². The first kappa shape index (κ1) is 13.3. The molecule has 0 aliphatic rings. The zero-order valence-electron chi connectivity index (χ0n) is 10.1. The first-order valence-electron chi connectivity index (χ1n) is 5.55. The molecular formula is C13H11N3O2S. The molecule has 96 valence electrons. The molecule has 0 saturated carbocycles. The third-order valence-corrected chi connectivity index (χ3v) is 3.42. The molecule has 2 rings (SSSR count). The van der Waals surface area contributed by atoms with Crippen LogP contribution >= 0.6 is 11.8 Å². The topological polar surface area (TPSA) is 89.8 Å². The number of nitrogens with zero attached hydrogens (tertiary/aromatic N) is 2. The van der Waals surface area contributed by atoms with E-state index >= 15 is 0 Å². The number of nitriles is 1. The van der Waals surface area contributed by atoms with Crippen molar-refractivity contribution in [1.29, 1.82) is 5.26 Å². The lowest BCUT2D eigenvalue weighted by molar-refractivity contribution is 0.196. The summed E-state index contributed by atoms with van der Waals surface area (Å²) in [5.41, 5.74) is 0.938. The van der Waals surface area contributed by atoms with E-state index in [0.717, 1.165) is 0 Å². The molecule has 0 amide bonds. The third-order valence-electron chi connectivity index (χ3n) is 2.45. The Kier molecular flexibility index (Phi) is 4.00. The summed E-state index contributed by atoms with van der Waals surface area (Å²) in [5, 5.41) is 19.0. The highest BCUT2D eigenvalue weighted by Crippen LogP contribution is 2.31. The van der Waals surface area contributed by atoms with Gasteiger partial charge in [-0.3, -0.25) is 4.79 Å². The summed E-state index contributed by atoms with van der Waals surface area (Å²) in [5.74, 6) is 0. The summed E-state index contributed by atoms with van der Waals surface area (Å²) < 4.78 is 0. The maximum atomic E-state index is 11.2. The summed E-state index contributed by atoms with van der Waals surface area (Å²) in [6.07, 6.45) is 0.753. The molecule has 0 spiro atoms. The quantitative estimate of drug-likeness (QED) is 0.833. The molecular weight excluding hydrogens is 262 g/mol. The van der Waals surface area contributed by atoms with Crippen molar-refractivity contribution in [3.8, 4) is 6.07 Å². The molecule has 2 N–H and O–H groups in total. The molecule has 1 atom stereocenters. The second-order valence-electron chi connectivity index (χ2n) is 3.88. The highest BCUT2D eigenvalue weighted by molar-refractivity contribution is 7.99. The van der Waals surface area contributed by atoms with Gasteiger partial charge in [-0.1, -0.05) is 17.8 Å². The Morgan fingerprint density at radius 1 is 1.47 bits per heavy atom. The molecule has 0 bridgehead atoms. The Labute approximate surface area is 113 Å². The number of aromatic amines is 1. The van der Waals surface area contributed by atoms with E-state index in [-0.39, 0.29) is 5.56 Å². The monoisotopic (exact) mass is 273 g/mol. The van der Waals surface area contributed by atoms with Gasteiger partial charge in [0.05, 0.1) is 17.7 Å². The summed E-state index contributed by atoms with van der Waals surface area (Å²) in [6, 6.07) is 8.38. The Morgan fingerprint density at radius 3 is 2.89 bits per heavy atom. The molecule has 1 heterocycles. The molecule has 0 fully saturated rings. The van der Waals surface area contributed by atoms with Gasteiger partial charge in [-0.15, -0.1) is 0 Å². The molecule has 5 nitrogen and oxygen atoms in total. The molecule has 19 heavy (non-hydrogen) atoms. The predicted molar refractivity (Wildman–Crippen MR) is 70.8 cm³/mol. The smallest absolute Gasteiger partial charge is 0.251 e. The van der Waals surface area contributed by atoms with Crippen molar-refractivity contribution in [1.82, 2.24) is 9.97 Å². The van der Waals surface area contributed by atoms with Crippen molar-refractivity contribution >= 4 is 11.8 Å².